The Hall–Kier alpha value is -3.02. The summed E-state index contributed by atoms with van der Waals surface area (Å²) in [4.78, 5) is 56.3. The predicted octanol–water partition coefficient (Wildman–Crippen LogP) is 5.29. The van der Waals surface area contributed by atoms with Crippen LogP contribution in [0, 0.1) is 34.5 Å². The van der Waals surface area contributed by atoms with E-state index in [0.29, 0.717) is 81.3 Å². The van der Waals surface area contributed by atoms with E-state index in [9.17, 15) is 14.4 Å². The van der Waals surface area contributed by atoms with Crippen LogP contribution in [0.5, 0.6) is 0 Å². The normalized spacial score (nSPS) is 30.6. The van der Waals surface area contributed by atoms with E-state index in [4.69, 9.17) is 4.74 Å². The highest BCUT2D eigenvalue weighted by atomic mass is 35.5. The van der Waals surface area contributed by atoms with Crippen molar-refractivity contribution >= 4 is 60.2 Å². The summed E-state index contributed by atoms with van der Waals surface area (Å²) in [6, 6.07) is 0. The molecule has 2 N–H and O–H groups in total. The fourth-order valence-electron chi connectivity index (χ4n) is 9.67. The average molecular weight is 719 g/mol. The number of esters is 1. The van der Waals surface area contributed by atoms with Crippen molar-refractivity contribution in [2.45, 2.75) is 65.2 Å². The van der Waals surface area contributed by atoms with Crippen molar-refractivity contribution in [3.05, 3.63) is 37.0 Å². The Morgan fingerprint density at radius 1 is 0.918 bits per heavy atom. The number of fused-ring (bicyclic) bond motifs is 5. The highest BCUT2D eigenvalue weighted by Gasteiger charge is 2.60. The van der Waals surface area contributed by atoms with E-state index < -0.39 is 0 Å². The number of carbonyl (C=O) groups excluding carboxylic acids is 3. The van der Waals surface area contributed by atoms with Crippen LogP contribution in [0.3, 0.4) is 0 Å². The zero-order chi connectivity index (χ0) is 33.2. The van der Waals surface area contributed by atoms with Gasteiger partial charge in [-0.15, -0.1) is 38.0 Å². The number of nitrogens with one attached hydrogen (secondary N) is 2. The summed E-state index contributed by atoms with van der Waals surface area (Å²) in [5.74, 6) is 3.17. The Balaban J connectivity index is 0.00000270. The molecule has 4 aliphatic carbocycles. The topological polar surface area (TPSA) is 130 Å². The second kappa shape index (κ2) is 16.3. The first-order valence-corrected chi connectivity index (χ1v) is 17.5. The molecule has 0 unspecified atom stereocenters. The first kappa shape index (κ1) is 38.8. The fourth-order valence-corrected chi connectivity index (χ4v) is 9.67. The smallest absolute Gasteiger partial charge is 0.320 e. The van der Waals surface area contributed by atoms with Gasteiger partial charge in [0.15, 0.2) is 11.6 Å². The molecule has 49 heavy (non-hydrogen) atoms. The molecule has 2 heterocycles. The molecule has 4 fully saturated rings. The number of ketones is 2. The third-order valence-electron chi connectivity index (χ3n) is 12.2. The van der Waals surface area contributed by atoms with E-state index in [1.165, 1.54) is 5.57 Å². The van der Waals surface area contributed by atoms with Gasteiger partial charge in [-0.25, -0.2) is 0 Å². The molecule has 6 rings (SSSR count). The monoisotopic (exact) mass is 717 g/mol. The molecule has 1 aliphatic heterocycles. The van der Waals surface area contributed by atoms with Crippen LogP contribution in [-0.2, 0) is 19.1 Å². The predicted molar refractivity (Wildman–Crippen MR) is 197 cm³/mol. The van der Waals surface area contributed by atoms with Gasteiger partial charge < -0.3 is 20.3 Å². The zero-order valence-electron chi connectivity index (χ0n) is 29.0. The molecule has 11 nitrogen and oxygen atoms in total. The number of allylic oxidation sites excluding steroid dienone is 1. The quantitative estimate of drug-likeness (QED) is 0.216. The zero-order valence-corrected chi connectivity index (χ0v) is 30.6. The largest absolute Gasteiger partial charge is 0.457 e. The van der Waals surface area contributed by atoms with Gasteiger partial charge in [0.1, 0.15) is 6.61 Å². The van der Waals surface area contributed by atoms with E-state index >= 15 is 0 Å². The first-order valence-electron chi connectivity index (χ1n) is 17.5. The maximum absolute atomic E-state index is 13.6. The number of aromatic nitrogens is 3. The van der Waals surface area contributed by atoms with Gasteiger partial charge in [-0.2, -0.15) is 15.0 Å². The molecule has 270 valence electrons. The summed E-state index contributed by atoms with van der Waals surface area (Å²) in [7, 11) is 0. The SMILES string of the molecule is C=CCNc1nc(NCC=C)nc(N2CCN(CC(=O)OCC(=O)[C@H]3CC[C@H]4[C@@H]5CCC6=CC(=O)CC[C@]6(C)[C@H]5CC[C@]34C)CC2)n1.Cl.Cl. The number of hydrogen-bond acceptors (Lipinski definition) is 11. The third-order valence-corrected chi connectivity index (χ3v) is 12.2. The molecule has 0 bridgehead atoms. The van der Waals surface area contributed by atoms with E-state index in [0.717, 1.165) is 44.9 Å². The standard InChI is InChI=1S/C36H51N7O4.2ClH/c1-5-15-37-32-39-33(38-16-6-2)41-34(40-32)43-19-17-42(18-20-43)22-31(46)47-23-30(45)29-10-9-27-26-8-7-24-21-25(44)11-13-35(24,3)28(26)12-14-36(27,29)4;;/h5-6,21,26-29H,1-2,7-20,22-23H2,3-4H3,(H2,37,38,39,40,41);2*1H/t26-,27-,28-,29+,35-,36-;;/m0../s1. The molecule has 5 aliphatic rings. The molecule has 6 atom stereocenters. The number of rotatable bonds is 12. The number of carbonyl (C=O) groups is 3. The van der Waals surface area contributed by atoms with Gasteiger partial charge in [0.2, 0.25) is 17.8 Å². The minimum absolute atomic E-state index is 0. The lowest BCUT2D eigenvalue weighted by Crippen LogP contribution is -2.51. The Kier molecular flexibility index (Phi) is 12.9. The lowest BCUT2D eigenvalue weighted by Gasteiger charge is -2.58. The van der Waals surface area contributed by atoms with Crippen molar-refractivity contribution in [3.63, 3.8) is 0 Å². The summed E-state index contributed by atoms with van der Waals surface area (Å²) < 4.78 is 5.62. The van der Waals surface area contributed by atoms with Gasteiger partial charge in [0, 0.05) is 51.6 Å². The molecule has 1 saturated heterocycles. The highest BCUT2D eigenvalue weighted by molar-refractivity contribution is 5.91. The van der Waals surface area contributed by atoms with Crippen LogP contribution in [0.1, 0.15) is 65.2 Å². The number of ether oxygens (including phenoxy) is 1. The second-order valence-corrected chi connectivity index (χ2v) is 14.7. The third kappa shape index (κ3) is 7.99. The van der Waals surface area contributed by atoms with Crippen LogP contribution in [0.2, 0.25) is 0 Å². The second-order valence-electron chi connectivity index (χ2n) is 14.7. The van der Waals surface area contributed by atoms with Gasteiger partial charge in [-0.3, -0.25) is 19.3 Å². The van der Waals surface area contributed by atoms with Gasteiger partial charge in [-0.05, 0) is 79.6 Å². The summed E-state index contributed by atoms with van der Waals surface area (Å²) in [5, 5.41) is 6.25. The molecular weight excluding hydrogens is 665 g/mol. The Morgan fingerprint density at radius 3 is 2.24 bits per heavy atom. The lowest BCUT2D eigenvalue weighted by atomic mass is 9.46. The van der Waals surface area contributed by atoms with Gasteiger partial charge in [0.05, 0.1) is 6.54 Å². The lowest BCUT2D eigenvalue weighted by molar-refractivity contribution is -0.152. The molecule has 13 heteroatoms. The van der Waals surface area contributed by atoms with Crippen molar-refractivity contribution in [2.24, 2.45) is 34.5 Å². The number of hydrogen-bond donors (Lipinski definition) is 2. The molecule has 0 radical (unpaired) electrons. The Morgan fingerprint density at radius 2 is 1.59 bits per heavy atom. The van der Waals surface area contributed by atoms with Gasteiger partial charge in [-0.1, -0.05) is 31.6 Å². The Bertz CT molecular complexity index is 1400. The van der Waals surface area contributed by atoms with Gasteiger partial charge >= 0.3 is 5.97 Å². The van der Waals surface area contributed by atoms with Crippen LogP contribution in [0.25, 0.3) is 0 Å². The maximum Gasteiger partial charge on any atom is 0.320 e. The Labute approximate surface area is 303 Å². The summed E-state index contributed by atoms with van der Waals surface area (Å²) in [5.41, 5.74) is 1.46. The molecular formula is C36H53Cl2N7O4. The highest BCUT2D eigenvalue weighted by Crippen LogP contribution is 2.66. The molecule has 1 aromatic heterocycles. The minimum atomic E-state index is -0.353. The van der Waals surface area contributed by atoms with E-state index in [1.807, 2.05) is 6.08 Å². The first-order chi connectivity index (χ1) is 22.6. The number of Topliss-reactive ketones (excluding diaryl/α,β-unsaturated/α-hetero) is 1. The fraction of sp³-hybridized carbons (Fsp3) is 0.667. The maximum atomic E-state index is 13.6. The van der Waals surface area contributed by atoms with Crippen LogP contribution >= 0.6 is 24.8 Å². The van der Waals surface area contributed by atoms with Crippen LogP contribution < -0.4 is 15.5 Å². The number of nitrogens with zero attached hydrogens (tertiary/aromatic N) is 5. The van der Waals surface area contributed by atoms with Crippen LogP contribution in [-0.4, -0.2) is 89.8 Å². The average Bonchev–Trinajstić information content (AvgIpc) is 3.43. The van der Waals surface area contributed by atoms with E-state index in [-0.39, 0.29) is 72.2 Å². The van der Waals surface area contributed by atoms with Crippen molar-refractivity contribution in [1.29, 1.82) is 0 Å². The molecule has 0 spiro atoms. The summed E-state index contributed by atoms with van der Waals surface area (Å²) >= 11 is 0. The van der Waals surface area contributed by atoms with Gasteiger partial charge in [0.25, 0.3) is 0 Å². The number of halogens is 2. The van der Waals surface area contributed by atoms with Crippen LogP contribution in [0.4, 0.5) is 17.8 Å². The minimum Gasteiger partial charge on any atom is -0.457 e. The van der Waals surface area contributed by atoms with Crippen molar-refractivity contribution in [1.82, 2.24) is 19.9 Å². The van der Waals surface area contributed by atoms with Crippen molar-refractivity contribution in [3.8, 4) is 0 Å². The molecule has 0 aromatic carbocycles. The summed E-state index contributed by atoms with van der Waals surface area (Å²) in [6.45, 7) is 15.9. The van der Waals surface area contributed by atoms with Crippen LogP contribution in [0.15, 0.2) is 37.0 Å². The number of anilines is 3. The van der Waals surface area contributed by atoms with Crippen molar-refractivity contribution < 1.29 is 19.1 Å². The molecule has 1 aromatic rings. The van der Waals surface area contributed by atoms with E-state index in [1.54, 1.807) is 12.2 Å². The number of piperazine rings is 1. The summed E-state index contributed by atoms with van der Waals surface area (Å²) in [6.07, 6.45) is 13.3. The molecule has 3 saturated carbocycles. The van der Waals surface area contributed by atoms with E-state index in [2.05, 4.69) is 62.4 Å². The molecule has 0 amide bonds. The van der Waals surface area contributed by atoms with Crippen molar-refractivity contribution in [2.75, 3.05) is 68.0 Å².